The maximum absolute atomic E-state index is 12.5. The van der Waals surface area contributed by atoms with Gasteiger partial charge in [-0.05, 0) is 38.0 Å². The van der Waals surface area contributed by atoms with Crippen LogP contribution in [0.5, 0.6) is 0 Å². The molecule has 1 heterocycles. The fourth-order valence-corrected chi connectivity index (χ4v) is 5.51. The molecule has 1 unspecified atom stereocenters. The van der Waals surface area contributed by atoms with Crippen molar-refractivity contribution in [3.05, 3.63) is 28.2 Å². The van der Waals surface area contributed by atoms with Crippen molar-refractivity contribution in [1.29, 1.82) is 0 Å². The maximum Gasteiger partial charge on any atom is 0.225 e. The number of amidine groups is 1. The van der Waals surface area contributed by atoms with Crippen LogP contribution < -0.4 is 4.90 Å². The van der Waals surface area contributed by atoms with E-state index in [1.807, 2.05) is 0 Å². The van der Waals surface area contributed by atoms with Gasteiger partial charge in [0.05, 0.1) is 6.04 Å². The van der Waals surface area contributed by atoms with E-state index in [-0.39, 0.29) is 24.5 Å². The zero-order chi connectivity index (χ0) is 18.7. The third-order valence-corrected chi connectivity index (χ3v) is 6.44. The van der Waals surface area contributed by atoms with E-state index in [9.17, 15) is 4.79 Å². The van der Waals surface area contributed by atoms with E-state index in [0.717, 1.165) is 23.2 Å². The van der Waals surface area contributed by atoms with Crippen molar-refractivity contribution >= 4 is 64.1 Å². The Morgan fingerprint density at radius 3 is 2.41 bits per heavy atom. The van der Waals surface area contributed by atoms with Gasteiger partial charge in [-0.3, -0.25) is 14.7 Å². The van der Waals surface area contributed by atoms with Gasteiger partial charge in [0.2, 0.25) is 5.91 Å². The average molecular weight is 451 g/mol. The Kier molecular flexibility index (Phi) is 8.60. The molecule has 1 aliphatic carbocycles. The molecule has 4 nitrogen and oxygen atoms in total. The summed E-state index contributed by atoms with van der Waals surface area (Å²) in [4.78, 5) is 21.5. The van der Waals surface area contributed by atoms with Crippen molar-refractivity contribution in [3.63, 3.8) is 0 Å². The monoisotopic (exact) mass is 449 g/mol. The Hall–Kier alpha value is -0.620. The summed E-state index contributed by atoms with van der Waals surface area (Å²) < 4.78 is 0. The molecule has 0 aromatic heterocycles. The second-order valence-electron chi connectivity index (χ2n) is 6.80. The number of aliphatic imine (C=N–C) groups is 1. The van der Waals surface area contributed by atoms with Crippen molar-refractivity contribution in [2.45, 2.75) is 58.2 Å². The van der Waals surface area contributed by atoms with E-state index in [4.69, 9.17) is 28.2 Å². The second kappa shape index (κ2) is 10.2. The predicted octanol–water partition coefficient (Wildman–Crippen LogP) is 5.85. The van der Waals surface area contributed by atoms with Crippen molar-refractivity contribution < 1.29 is 4.79 Å². The number of nitrogens with zero attached hydrogens (tertiary/aromatic N) is 3. The van der Waals surface area contributed by atoms with Crippen LogP contribution in [0.3, 0.4) is 0 Å². The van der Waals surface area contributed by atoms with Gasteiger partial charge in [0.25, 0.3) is 0 Å². The molecule has 27 heavy (non-hydrogen) atoms. The van der Waals surface area contributed by atoms with E-state index in [1.165, 1.54) is 32.1 Å². The normalized spacial score (nSPS) is 22.0. The van der Waals surface area contributed by atoms with Gasteiger partial charge in [0.15, 0.2) is 5.17 Å². The van der Waals surface area contributed by atoms with Crippen LogP contribution in [0.25, 0.3) is 0 Å². The Morgan fingerprint density at radius 2 is 1.85 bits per heavy atom. The predicted molar refractivity (Wildman–Crippen MR) is 120 cm³/mol. The Labute approximate surface area is 182 Å². The summed E-state index contributed by atoms with van der Waals surface area (Å²) >= 11 is 14.1. The SMILES string of the molecule is CCN1C(=NC2CCCCC2)SCC1N(C(C)=O)c1cc(Cl)cc(Cl)c1.Cl. The van der Waals surface area contributed by atoms with Gasteiger partial charge in [-0.25, -0.2) is 0 Å². The third-order valence-electron chi connectivity index (χ3n) is 4.94. The molecule has 1 atom stereocenters. The number of halogens is 3. The van der Waals surface area contributed by atoms with Gasteiger partial charge in [-0.2, -0.15) is 0 Å². The number of amides is 1. The molecule has 1 aromatic rings. The first-order valence-electron chi connectivity index (χ1n) is 9.22. The Balaban J connectivity index is 0.00000261. The zero-order valence-corrected chi connectivity index (χ0v) is 18.8. The number of hydrogen-bond donors (Lipinski definition) is 0. The van der Waals surface area contributed by atoms with Crippen LogP contribution in [0.4, 0.5) is 5.69 Å². The Bertz CT molecular complexity index is 675. The van der Waals surface area contributed by atoms with E-state index >= 15 is 0 Å². The molecular weight excluding hydrogens is 425 g/mol. The molecule has 2 aliphatic rings. The van der Waals surface area contributed by atoms with Crippen LogP contribution in [-0.2, 0) is 4.79 Å². The number of rotatable bonds is 4. The van der Waals surface area contributed by atoms with Crippen LogP contribution in [0.15, 0.2) is 23.2 Å². The summed E-state index contributed by atoms with van der Waals surface area (Å²) in [5, 5.41) is 2.12. The van der Waals surface area contributed by atoms with Crippen LogP contribution in [0.2, 0.25) is 10.0 Å². The lowest BCUT2D eigenvalue weighted by Gasteiger charge is -2.35. The van der Waals surface area contributed by atoms with Gasteiger partial charge >= 0.3 is 0 Å². The van der Waals surface area contributed by atoms with Gasteiger partial charge in [-0.1, -0.05) is 54.2 Å². The molecule has 8 heteroatoms. The molecule has 1 aromatic carbocycles. The number of benzene rings is 1. The molecule has 1 aliphatic heterocycles. The number of anilines is 1. The van der Waals surface area contributed by atoms with Crippen LogP contribution in [-0.4, -0.2) is 40.5 Å². The molecule has 2 fully saturated rings. The molecule has 0 bridgehead atoms. The lowest BCUT2D eigenvalue weighted by Crippen LogP contribution is -2.50. The van der Waals surface area contributed by atoms with Gasteiger partial charge < -0.3 is 4.90 Å². The second-order valence-corrected chi connectivity index (χ2v) is 8.66. The number of thioether (sulfide) groups is 1. The summed E-state index contributed by atoms with van der Waals surface area (Å²) in [5.74, 6) is 0.773. The minimum absolute atomic E-state index is 0. The molecule has 3 rings (SSSR count). The van der Waals surface area contributed by atoms with Crippen molar-refractivity contribution in [2.24, 2.45) is 4.99 Å². The highest BCUT2D eigenvalue weighted by Crippen LogP contribution is 2.34. The highest BCUT2D eigenvalue weighted by atomic mass is 35.5. The van der Waals surface area contributed by atoms with E-state index in [1.54, 1.807) is 41.8 Å². The maximum atomic E-state index is 12.5. The summed E-state index contributed by atoms with van der Waals surface area (Å²) in [5.41, 5.74) is 0.734. The lowest BCUT2D eigenvalue weighted by molar-refractivity contribution is -0.117. The smallest absolute Gasteiger partial charge is 0.225 e. The molecular formula is C19H26Cl3N3OS. The molecule has 0 N–H and O–H groups in total. The fraction of sp³-hybridized carbons (Fsp3) is 0.579. The Morgan fingerprint density at radius 1 is 1.22 bits per heavy atom. The van der Waals surface area contributed by atoms with Crippen molar-refractivity contribution in [1.82, 2.24) is 4.90 Å². The van der Waals surface area contributed by atoms with Gasteiger partial charge in [-0.15, -0.1) is 12.4 Å². The highest BCUT2D eigenvalue weighted by Gasteiger charge is 2.36. The summed E-state index contributed by atoms with van der Waals surface area (Å²) in [6.07, 6.45) is 6.13. The van der Waals surface area contributed by atoms with E-state index in [2.05, 4.69) is 11.8 Å². The third kappa shape index (κ3) is 5.47. The molecule has 1 saturated heterocycles. The molecule has 1 saturated carbocycles. The minimum Gasteiger partial charge on any atom is -0.330 e. The summed E-state index contributed by atoms with van der Waals surface area (Å²) in [6.45, 7) is 4.50. The first-order valence-corrected chi connectivity index (χ1v) is 11.0. The van der Waals surface area contributed by atoms with Crippen molar-refractivity contribution in [3.8, 4) is 0 Å². The first kappa shape index (κ1) is 22.7. The highest BCUT2D eigenvalue weighted by molar-refractivity contribution is 8.14. The standard InChI is InChI=1S/C19H25Cl2N3OS.ClH/c1-3-23-18(12-26-19(23)22-16-7-5-4-6-8-16)24(13(2)25)17-10-14(20)9-15(21)11-17;/h9-11,16,18H,3-8,12H2,1-2H3;1H. The van der Waals surface area contributed by atoms with Crippen molar-refractivity contribution in [2.75, 3.05) is 17.2 Å². The van der Waals surface area contributed by atoms with Gasteiger partial charge in [0.1, 0.15) is 6.17 Å². The number of hydrogen-bond acceptors (Lipinski definition) is 3. The lowest BCUT2D eigenvalue weighted by atomic mass is 9.96. The first-order chi connectivity index (χ1) is 12.5. The summed E-state index contributed by atoms with van der Waals surface area (Å²) in [6, 6.07) is 5.69. The van der Waals surface area contributed by atoms with Gasteiger partial charge in [0, 0.05) is 35.0 Å². The fourth-order valence-electron chi connectivity index (χ4n) is 3.73. The number of carbonyl (C=O) groups is 1. The quantitative estimate of drug-likeness (QED) is 0.577. The van der Waals surface area contributed by atoms with E-state index in [0.29, 0.717) is 16.1 Å². The largest absolute Gasteiger partial charge is 0.330 e. The number of carbonyl (C=O) groups excluding carboxylic acids is 1. The topological polar surface area (TPSA) is 35.9 Å². The zero-order valence-electron chi connectivity index (χ0n) is 15.7. The molecule has 150 valence electrons. The minimum atomic E-state index is -0.0700. The van der Waals surface area contributed by atoms with Crippen LogP contribution >= 0.6 is 47.4 Å². The molecule has 0 spiro atoms. The summed E-state index contributed by atoms with van der Waals surface area (Å²) in [7, 11) is 0. The van der Waals surface area contributed by atoms with Crippen LogP contribution in [0, 0.1) is 0 Å². The van der Waals surface area contributed by atoms with Crippen LogP contribution in [0.1, 0.15) is 46.0 Å². The average Bonchev–Trinajstić information content (AvgIpc) is 2.97. The molecule has 0 radical (unpaired) electrons. The van der Waals surface area contributed by atoms with E-state index < -0.39 is 0 Å². The molecule has 1 amide bonds.